The van der Waals surface area contributed by atoms with Gasteiger partial charge in [-0.2, -0.15) is 0 Å². The average molecular weight is 291 g/mol. The molecule has 0 aliphatic carbocycles. The largest absolute Gasteiger partial charge is 0.486 e. The summed E-state index contributed by atoms with van der Waals surface area (Å²) < 4.78 is 10.9. The number of likely N-dealkylation sites (N-methyl/N-ethyl adjacent to an activating group) is 1. The molecule has 0 radical (unpaired) electrons. The van der Waals surface area contributed by atoms with Crippen molar-refractivity contribution in [1.29, 1.82) is 0 Å². The summed E-state index contributed by atoms with van der Waals surface area (Å²) in [5.74, 6) is -0.0350. The molecule has 0 bridgehead atoms. The third-order valence-electron chi connectivity index (χ3n) is 3.00. The zero-order valence-electron chi connectivity index (χ0n) is 11.7. The molecule has 1 N–H and O–H groups in total. The first kappa shape index (κ1) is 14.9. The fourth-order valence-corrected chi connectivity index (χ4v) is 1.95. The maximum Gasteiger partial charge on any atom is 0.323 e. The standard InChI is InChI=1S/C15H17NO5/c1-2-16(10-15(18)19)14(17)6-4-11-3-5-12-13(9-11)21-8-7-20-12/h3-6,9H,2,7-8,10H2,1H3,(H,18,19)/b6-4+. The van der Waals surface area contributed by atoms with Crippen LogP contribution in [0, 0.1) is 0 Å². The molecule has 0 saturated carbocycles. The molecular formula is C15H17NO5. The van der Waals surface area contributed by atoms with E-state index >= 15 is 0 Å². The number of carbonyl (C=O) groups is 2. The smallest absolute Gasteiger partial charge is 0.323 e. The van der Waals surface area contributed by atoms with Gasteiger partial charge < -0.3 is 19.5 Å². The van der Waals surface area contributed by atoms with Crippen LogP contribution in [-0.4, -0.2) is 48.2 Å². The number of fused-ring (bicyclic) bond motifs is 1. The minimum Gasteiger partial charge on any atom is -0.486 e. The van der Waals surface area contributed by atoms with Crippen LogP contribution in [0.4, 0.5) is 0 Å². The van der Waals surface area contributed by atoms with Gasteiger partial charge in [0.15, 0.2) is 11.5 Å². The highest BCUT2D eigenvalue weighted by Gasteiger charge is 2.13. The molecule has 112 valence electrons. The predicted octanol–water partition coefficient (Wildman–Crippen LogP) is 1.40. The number of aliphatic carboxylic acids is 1. The Hall–Kier alpha value is -2.50. The van der Waals surface area contributed by atoms with Crippen LogP contribution in [0.15, 0.2) is 24.3 Å². The molecule has 1 aliphatic rings. The molecule has 0 aromatic heterocycles. The van der Waals surface area contributed by atoms with Crippen molar-refractivity contribution in [3.8, 4) is 11.5 Å². The lowest BCUT2D eigenvalue weighted by atomic mass is 10.1. The maximum atomic E-state index is 11.9. The number of benzene rings is 1. The van der Waals surface area contributed by atoms with Crippen LogP contribution < -0.4 is 9.47 Å². The summed E-state index contributed by atoms with van der Waals surface area (Å²) in [5.41, 5.74) is 0.791. The van der Waals surface area contributed by atoms with Crippen molar-refractivity contribution in [3.05, 3.63) is 29.8 Å². The summed E-state index contributed by atoms with van der Waals surface area (Å²) in [7, 11) is 0. The van der Waals surface area contributed by atoms with Crippen molar-refractivity contribution in [2.45, 2.75) is 6.92 Å². The van der Waals surface area contributed by atoms with Crippen LogP contribution in [0.2, 0.25) is 0 Å². The van der Waals surface area contributed by atoms with Crippen molar-refractivity contribution < 1.29 is 24.2 Å². The van der Waals surface area contributed by atoms with Crippen molar-refractivity contribution in [2.75, 3.05) is 26.3 Å². The SMILES string of the molecule is CCN(CC(=O)O)C(=O)/C=C/c1ccc2c(c1)OCCO2. The molecule has 21 heavy (non-hydrogen) atoms. The van der Waals surface area contributed by atoms with E-state index < -0.39 is 5.97 Å². The Balaban J connectivity index is 2.06. The second-order valence-corrected chi connectivity index (χ2v) is 4.48. The number of hydrogen-bond donors (Lipinski definition) is 1. The summed E-state index contributed by atoms with van der Waals surface area (Å²) in [6.07, 6.45) is 2.99. The Kier molecular flexibility index (Phi) is 4.81. The third-order valence-corrected chi connectivity index (χ3v) is 3.00. The number of ether oxygens (including phenoxy) is 2. The van der Waals surface area contributed by atoms with Gasteiger partial charge in [0.25, 0.3) is 0 Å². The number of carboxylic acids is 1. The molecule has 0 atom stereocenters. The molecule has 1 amide bonds. The van der Waals surface area contributed by atoms with E-state index in [9.17, 15) is 9.59 Å². The highest BCUT2D eigenvalue weighted by Crippen LogP contribution is 2.31. The fraction of sp³-hybridized carbons (Fsp3) is 0.333. The van der Waals surface area contributed by atoms with E-state index in [4.69, 9.17) is 14.6 Å². The lowest BCUT2D eigenvalue weighted by Crippen LogP contribution is -2.34. The molecule has 1 aromatic rings. The van der Waals surface area contributed by atoms with Gasteiger partial charge in [-0.25, -0.2) is 0 Å². The van der Waals surface area contributed by atoms with Gasteiger partial charge in [0.1, 0.15) is 19.8 Å². The zero-order valence-corrected chi connectivity index (χ0v) is 11.7. The van der Waals surface area contributed by atoms with Crippen LogP contribution in [0.3, 0.4) is 0 Å². The summed E-state index contributed by atoms with van der Waals surface area (Å²) >= 11 is 0. The third kappa shape index (κ3) is 3.98. The minimum absolute atomic E-state index is 0.305. The van der Waals surface area contributed by atoms with Crippen molar-refractivity contribution in [1.82, 2.24) is 4.90 Å². The van der Waals surface area contributed by atoms with E-state index in [1.54, 1.807) is 25.1 Å². The van der Waals surface area contributed by atoms with Gasteiger partial charge >= 0.3 is 5.97 Å². The molecule has 1 heterocycles. The lowest BCUT2D eigenvalue weighted by Gasteiger charge is -2.18. The van der Waals surface area contributed by atoms with Gasteiger partial charge in [-0.05, 0) is 30.7 Å². The normalized spacial score (nSPS) is 13.2. The summed E-state index contributed by atoms with van der Waals surface area (Å²) in [4.78, 5) is 23.8. The van der Waals surface area contributed by atoms with Crippen LogP contribution in [0.1, 0.15) is 12.5 Å². The fourth-order valence-electron chi connectivity index (χ4n) is 1.95. The Labute approximate surface area is 122 Å². The van der Waals surface area contributed by atoms with E-state index in [1.165, 1.54) is 11.0 Å². The van der Waals surface area contributed by atoms with E-state index in [0.29, 0.717) is 31.3 Å². The van der Waals surface area contributed by atoms with Crippen molar-refractivity contribution >= 4 is 18.0 Å². The van der Waals surface area contributed by atoms with Crippen LogP contribution >= 0.6 is 0 Å². The first-order chi connectivity index (χ1) is 10.1. The van der Waals surface area contributed by atoms with Crippen LogP contribution in [0.25, 0.3) is 6.08 Å². The second-order valence-electron chi connectivity index (χ2n) is 4.48. The lowest BCUT2D eigenvalue weighted by molar-refractivity contribution is -0.142. The first-order valence-electron chi connectivity index (χ1n) is 6.68. The number of nitrogens with zero attached hydrogens (tertiary/aromatic N) is 1. The van der Waals surface area contributed by atoms with Gasteiger partial charge in [0, 0.05) is 12.6 Å². The Bertz CT molecular complexity index is 567. The molecule has 6 nitrogen and oxygen atoms in total. The van der Waals surface area contributed by atoms with E-state index in [-0.39, 0.29) is 12.5 Å². The number of rotatable bonds is 5. The molecule has 1 aromatic carbocycles. The molecule has 1 aliphatic heterocycles. The molecule has 0 fully saturated rings. The number of carboxylic acid groups (broad SMARTS) is 1. The van der Waals surface area contributed by atoms with Crippen molar-refractivity contribution in [2.24, 2.45) is 0 Å². The number of carbonyl (C=O) groups excluding carboxylic acids is 1. The number of amides is 1. The molecule has 0 saturated heterocycles. The predicted molar refractivity (Wildman–Crippen MR) is 76.4 cm³/mol. The molecule has 2 rings (SSSR count). The summed E-state index contributed by atoms with van der Waals surface area (Å²) in [5, 5.41) is 8.73. The van der Waals surface area contributed by atoms with Crippen molar-refractivity contribution in [3.63, 3.8) is 0 Å². The van der Waals surface area contributed by atoms with Gasteiger partial charge in [-0.15, -0.1) is 0 Å². The highest BCUT2D eigenvalue weighted by molar-refractivity contribution is 5.93. The second kappa shape index (κ2) is 6.78. The summed E-state index contributed by atoms with van der Waals surface area (Å²) in [6.45, 7) is 2.80. The Morgan fingerprint density at radius 3 is 2.67 bits per heavy atom. The summed E-state index contributed by atoms with van der Waals surface area (Å²) in [6, 6.07) is 5.38. The highest BCUT2D eigenvalue weighted by atomic mass is 16.6. The molecule has 0 spiro atoms. The Morgan fingerprint density at radius 1 is 1.29 bits per heavy atom. The molecular weight excluding hydrogens is 274 g/mol. The van der Waals surface area contributed by atoms with E-state index in [0.717, 1.165) is 5.56 Å². The minimum atomic E-state index is -1.03. The monoisotopic (exact) mass is 291 g/mol. The average Bonchev–Trinajstić information content (AvgIpc) is 2.49. The maximum absolute atomic E-state index is 11.9. The first-order valence-corrected chi connectivity index (χ1v) is 6.68. The number of hydrogen-bond acceptors (Lipinski definition) is 4. The zero-order chi connectivity index (χ0) is 15.2. The van der Waals surface area contributed by atoms with Gasteiger partial charge in [-0.1, -0.05) is 6.07 Å². The van der Waals surface area contributed by atoms with E-state index in [2.05, 4.69) is 0 Å². The van der Waals surface area contributed by atoms with Crippen LogP contribution in [0.5, 0.6) is 11.5 Å². The topological polar surface area (TPSA) is 76.1 Å². The van der Waals surface area contributed by atoms with Gasteiger partial charge in [0.05, 0.1) is 0 Å². The van der Waals surface area contributed by atoms with E-state index in [1.807, 2.05) is 6.07 Å². The molecule has 6 heteroatoms. The Morgan fingerprint density at radius 2 is 2.00 bits per heavy atom. The van der Waals surface area contributed by atoms with Crippen LogP contribution in [-0.2, 0) is 9.59 Å². The molecule has 0 unspecified atom stereocenters. The quantitative estimate of drug-likeness (QED) is 0.830. The van der Waals surface area contributed by atoms with Gasteiger partial charge in [0.2, 0.25) is 5.91 Å². The van der Waals surface area contributed by atoms with Gasteiger partial charge in [-0.3, -0.25) is 9.59 Å².